The first-order chi connectivity index (χ1) is 18.2. The number of amides is 1. The zero-order valence-electron chi connectivity index (χ0n) is 22.5. The summed E-state index contributed by atoms with van der Waals surface area (Å²) in [6.45, 7) is 8.04. The van der Waals surface area contributed by atoms with Crippen LogP contribution in [0.5, 0.6) is 0 Å². The van der Waals surface area contributed by atoms with E-state index in [0.717, 1.165) is 19.8 Å². The van der Waals surface area contributed by atoms with Crippen LogP contribution in [0.1, 0.15) is 56.7 Å². The second kappa shape index (κ2) is 13.6. The van der Waals surface area contributed by atoms with Gasteiger partial charge in [0.15, 0.2) is 0 Å². The molecule has 1 N–H and O–H groups in total. The van der Waals surface area contributed by atoms with E-state index in [1.807, 2.05) is 6.92 Å². The van der Waals surface area contributed by atoms with E-state index in [1.54, 1.807) is 14.0 Å². The van der Waals surface area contributed by atoms with Crippen LogP contribution in [0.15, 0.2) is 23.2 Å². The topological polar surface area (TPSA) is 78.2 Å². The van der Waals surface area contributed by atoms with Gasteiger partial charge in [0.25, 0.3) is 0 Å². The SMILES string of the molecule is C/C=N\C(=N)N(Cc1cc(C(F)(F)F)cc(C(F)(F)F)c1)[C@H]1C[C@@H](CC)N(C=O)C1.CCC1(COC)COC1. The van der Waals surface area contributed by atoms with Crippen LogP contribution < -0.4 is 0 Å². The molecule has 0 radical (unpaired) electrons. The summed E-state index contributed by atoms with van der Waals surface area (Å²) in [6.07, 6.45) is -5.70. The number of nitrogens with one attached hydrogen (secondary N) is 1. The number of likely N-dealkylation sites (tertiary alicyclic amines) is 1. The molecule has 0 bridgehead atoms. The van der Waals surface area contributed by atoms with E-state index in [4.69, 9.17) is 14.9 Å². The highest BCUT2D eigenvalue weighted by atomic mass is 19.4. The molecule has 2 aliphatic rings. The molecule has 1 aromatic rings. The average Bonchev–Trinajstić information content (AvgIpc) is 3.27. The summed E-state index contributed by atoms with van der Waals surface area (Å²) >= 11 is 0. The van der Waals surface area contributed by atoms with Crippen LogP contribution in [0.3, 0.4) is 0 Å². The molecule has 2 saturated heterocycles. The van der Waals surface area contributed by atoms with Gasteiger partial charge in [-0.2, -0.15) is 26.3 Å². The van der Waals surface area contributed by atoms with Crippen molar-refractivity contribution in [3.63, 3.8) is 0 Å². The van der Waals surface area contributed by atoms with Crippen LogP contribution in [0.4, 0.5) is 26.3 Å². The predicted molar refractivity (Wildman–Crippen MR) is 135 cm³/mol. The Morgan fingerprint density at radius 3 is 2.10 bits per heavy atom. The minimum Gasteiger partial charge on any atom is -0.384 e. The van der Waals surface area contributed by atoms with E-state index >= 15 is 0 Å². The maximum atomic E-state index is 13.2. The van der Waals surface area contributed by atoms with E-state index in [1.165, 1.54) is 22.4 Å². The van der Waals surface area contributed by atoms with Crippen LogP contribution in [0.25, 0.3) is 0 Å². The van der Waals surface area contributed by atoms with Crippen molar-refractivity contribution in [1.82, 2.24) is 9.80 Å². The van der Waals surface area contributed by atoms with Crippen LogP contribution in [-0.4, -0.2) is 73.9 Å². The van der Waals surface area contributed by atoms with Crippen molar-refractivity contribution in [2.24, 2.45) is 10.4 Å². The van der Waals surface area contributed by atoms with Gasteiger partial charge in [0.1, 0.15) is 0 Å². The minimum atomic E-state index is -4.95. The maximum Gasteiger partial charge on any atom is 0.416 e. The van der Waals surface area contributed by atoms with E-state index in [-0.39, 0.29) is 36.7 Å². The number of hydrogen-bond acceptors (Lipinski definition) is 4. The third kappa shape index (κ3) is 8.66. The van der Waals surface area contributed by atoms with Gasteiger partial charge in [-0.3, -0.25) is 10.2 Å². The number of rotatable bonds is 8. The van der Waals surface area contributed by atoms with Gasteiger partial charge >= 0.3 is 12.4 Å². The Labute approximate surface area is 224 Å². The molecule has 13 heteroatoms. The van der Waals surface area contributed by atoms with Crippen molar-refractivity contribution in [2.75, 3.05) is 33.5 Å². The molecule has 39 heavy (non-hydrogen) atoms. The van der Waals surface area contributed by atoms with E-state index in [2.05, 4.69) is 11.9 Å². The number of carbonyl (C=O) groups excluding carboxylic acids is 1. The van der Waals surface area contributed by atoms with Gasteiger partial charge < -0.3 is 19.3 Å². The maximum absolute atomic E-state index is 13.2. The number of hydrogen-bond donors (Lipinski definition) is 1. The summed E-state index contributed by atoms with van der Waals surface area (Å²) in [5.41, 5.74) is -2.70. The third-order valence-electron chi connectivity index (χ3n) is 7.02. The smallest absolute Gasteiger partial charge is 0.384 e. The summed E-state index contributed by atoms with van der Waals surface area (Å²) in [7, 11) is 1.75. The number of halogens is 6. The second-order valence-corrected chi connectivity index (χ2v) is 9.79. The Morgan fingerprint density at radius 2 is 1.77 bits per heavy atom. The summed E-state index contributed by atoms with van der Waals surface area (Å²) in [5.74, 6) is -0.295. The first kappa shape index (κ1) is 32.5. The highest BCUT2D eigenvalue weighted by Crippen LogP contribution is 2.37. The molecule has 3 rings (SSSR count). The fourth-order valence-corrected chi connectivity index (χ4v) is 4.64. The number of carbonyl (C=O) groups is 1. The van der Waals surface area contributed by atoms with E-state index in [0.29, 0.717) is 36.8 Å². The summed E-state index contributed by atoms with van der Waals surface area (Å²) in [4.78, 5) is 18.0. The number of benzene rings is 1. The molecule has 2 fully saturated rings. The number of alkyl halides is 6. The molecule has 0 saturated carbocycles. The molecule has 1 aromatic carbocycles. The lowest BCUT2D eigenvalue weighted by atomic mass is 9.84. The minimum absolute atomic E-state index is 0.0696. The molecule has 7 nitrogen and oxygen atoms in total. The summed E-state index contributed by atoms with van der Waals surface area (Å²) in [6, 6.07) is 0.783. The Hall–Kier alpha value is -2.67. The lowest BCUT2D eigenvalue weighted by Crippen LogP contribution is -2.45. The molecule has 0 aromatic heterocycles. The normalized spacial score (nSPS) is 20.8. The number of methoxy groups -OCH3 is 1. The van der Waals surface area contributed by atoms with Crippen LogP contribution in [0, 0.1) is 10.8 Å². The molecule has 220 valence electrons. The first-order valence-corrected chi connectivity index (χ1v) is 12.6. The lowest BCUT2D eigenvalue weighted by molar-refractivity contribution is -0.144. The summed E-state index contributed by atoms with van der Waals surface area (Å²) < 4.78 is 89.1. The zero-order chi connectivity index (χ0) is 29.4. The molecule has 2 heterocycles. The van der Waals surface area contributed by atoms with Crippen molar-refractivity contribution in [3.05, 3.63) is 34.9 Å². The number of ether oxygens (including phenoxy) is 2. The van der Waals surface area contributed by atoms with E-state index < -0.39 is 29.5 Å². The van der Waals surface area contributed by atoms with Crippen molar-refractivity contribution >= 4 is 18.6 Å². The largest absolute Gasteiger partial charge is 0.416 e. The predicted octanol–water partition coefficient (Wildman–Crippen LogP) is 5.62. The fraction of sp³-hybridized carbons (Fsp3) is 0.654. The van der Waals surface area contributed by atoms with Gasteiger partial charge in [0.2, 0.25) is 12.4 Å². The Kier molecular flexibility index (Phi) is 11.3. The number of guanidine groups is 1. The van der Waals surface area contributed by atoms with Gasteiger partial charge in [-0.15, -0.1) is 0 Å². The Balaban J connectivity index is 0.000000499. The van der Waals surface area contributed by atoms with Crippen LogP contribution in [0.2, 0.25) is 0 Å². The monoisotopic (exact) mass is 566 g/mol. The van der Waals surface area contributed by atoms with Crippen molar-refractivity contribution in [2.45, 2.75) is 71.0 Å². The first-order valence-electron chi connectivity index (χ1n) is 12.6. The highest BCUT2D eigenvalue weighted by Gasteiger charge is 2.39. The van der Waals surface area contributed by atoms with Gasteiger partial charge in [-0.05, 0) is 49.9 Å². The van der Waals surface area contributed by atoms with Gasteiger partial charge in [0.05, 0.1) is 37.0 Å². The lowest BCUT2D eigenvalue weighted by Gasteiger charge is -2.39. The number of nitrogens with zero attached hydrogens (tertiary/aromatic N) is 3. The molecule has 0 unspecified atom stereocenters. The summed E-state index contributed by atoms with van der Waals surface area (Å²) in [5, 5.41) is 8.14. The zero-order valence-corrected chi connectivity index (χ0v) is 22.5. The standard InChI is InChI=1S/C19H22F6N4O.C7H14O2/c1-3-15-8-16(10-28(15)11-30)29(17(26)27-4-2)9-12-5-13(18(20,21)22)7-14(6-12)19(23,24)25;1-3-7(4-8-2)5-9-6-7/h4-7,11,15-16,26H,3,8-10H2,1-2H3;3-6H2,1-2H3/b26-17?,27-4-;/t15-,16+;/m1./s1. The quantitative estimate of drug-likeness (QED) is 0.192. The fourth-order valence-electron chi connectivity index (χ4n) is 4.64. The second-order valence-electron chi connectivity index (χ2n) is 9.79. The molecular weight excluding hydrogens is 530 g/mol. The van der Waals surface area contributed by atoms with E-state index in [9.17, 15) is 31.1 Å². The van der Waals surface area contributed by atoms with Crippen LogP contribution in [-0.2, 0) is 33.2 Å². The average molecular weight is 567 g/mol. The molecule has 1 amide bonds. The molecule has 2 atom stereocenters. The molecule has 0 spiro atoms. The van der Waals surface area contributed by atoms with Crippen molar-refractivity contribution in [3.8, 4) is 0 Å². The van der Waals surface area contributed by atoms with Crippen molar-refractivity contribution < 1.29 is 40.6 Å². The van der Waals surface area contributed by atoms with Crippen LogP contribution >= 0.6 is 0 Å². The molecule has 2 aliphatic heterocycles. The van der Waals surface area contributed by atoms with Gasteiger partial charge in [0, 0.05) is 37.9 Å². The van der Waals surface area contributed by atoms with Gasteiger partial charge in [-0.1, -0.05) is 13.8 Å². The Morgan fingerprint density at radius 1 is 1.18 bits per heavy atom. The van der Waals surface area contributed by atoms with Crippen molar-refractivity contribution in [1.29, 1.82) is 5.41 Å². The third-order valence-corrected chi connectivity index (χ3v) is 7.02. The highest BCUT2D eigenvalue weighted by molar-refractivity contribution is 5.85. The molecule has 0 aliphatic carbocycles. The van der Waals surface area contributed by atoms with Gasteiger partial charge in [-0.25, -0.2) is 4.99 Å². The Bertz CT molecular complexity index is 957. The number of aliphatic imine (C=N–C) groups is 1. The molecular formula is C26H36F6N4O3.